The number of rotatable bonds is 4. The second kappa shape index (κ2) is 6.05. The van der Waals surface area contributed by atoms with Crippen molar-refractivity contribution in [1.82, 2.24) is 0 Å². The lowest BCUT2D eigenvalue weighted by Gasteiger charge is -2.10. The Balaban J connectivity index is 2.18. The summed E-state index contributed by atoms with van der Waals surface area (Å²) in [5.74, 6) is 1.20. The van der Waals surface area contributed by atoms with E-state index in [1.807, 2.05) is 37.3 Å². The molecule has 0 saturated heterocycles. The van der Waals surface area contributed by atoms with E-state index in [4.69, 9.17) is 9.47 Å². The molecule has 0 amide bonds. The molecule has 0 unspecified atom stereocenters. The SMILES string of the molecule is CCOC(=O)c1ccc(Oc2ccccc2)c(C)c1. The minimum atomic E-state index is -0.308. The highest BCUT2D eigenvalue weighted by atomic mass is 16.5. The molecule has 3 nitrogen and oxygen atoms in total. The average Bonchev–Trinajstić information content (AvgIpc) is 2.42. The molecule has 0 aliphatic heterocycles. The van der Waals surface area contributed by atoms with Crippen LogP contribution in [0.25, 0.3) is 0 Å². The zero-order valence-corrected chi connectivity index (χ0v) is 11.1. The summed E-state index contributed by atoms with van der Waals surface area (Å²) >= 11 is 0. The maximum atomic E-state index is 11.6. The predicted octanol–water partition coefficient (Wildman–Crippen LogP) is 3.96. The average molecular weight is 256 g/mol. The fourth-order valence-corrected chi connectivity index (χ4v) is 1.72. The van der Waals surface area contributed by atoms with Crippen LogP contribution in [0.1, 0.15) is 22.8 Å². The van der Waals surface area contributed by atoms with Gasteiger partial charge in [-0.2, -0.15) is 0 Å². The zero-order valence-electron chi connectivity index (χ0n) is 11.1. The van der Waals surface area contributed by atoms with Crippen LogP contribution in [0, 0.1) is 6.92 Å². The van der Waals surface area contributed by atoms with Crippen LogP contribution >= 0.6 is 0 Å². The van der Waals surface area contributed by atoms with Gasteiger partial charge >= 0.3 is 5.97 Å². The molecular weight excluding hydrogens is 240 g/mol. The van der Waals surface area contributed by atoms with Gasteiger partial charge in [-0.3, -0.25) is 0 Å². The van der Waals surface area contributed by atoms with Gasteiger partial charge < -0.3 is 9.47 Å². The van der Waals surface area contributed by atoms with Gasteiger partial charge in [-0.05, 0) is 49.7 Å². The third-order valence-electron chi connectivity index (χ3n) is 2.66. The van der Waals surface area contributed by atoms with E-state index in [9.17, 15) is 4.79 Å². The van der Waals surface area contributed by atoms with Crippen LogP contribution in [0.5, 0.6) is 11.5 Å². The highest BCUT2D eigenvalue weighted by molar-refractivity contribution is 5.89. The van der Waals surface area contributed by atoms with Crippen LogP contribution in [0.2, 0.25) is 0 Å². The molecule has 19 heavy (non-hydrogen) atoms. The highest BCUT2D eigenvalue weighted by Crippen LogP contribution is 2.25. The Kier molecular flexibility index (Phi) is 4.18. The van der Waals surface area contributed by atoms with E-state index >= 15 is 0 Å². The maximum Gasteiger partial charge on any atom is 0.338 e. The van der Waals surface area contributed by atoms with Gasteiger partial charge in [-0.15, -0.1) is 0 Å². The molecule has 0 atom stereocenters. The molecule has 0 bridgehead atoms. The topological polar surface area (TPSA) is 35.5 Å². The molecular formula is C16H16O3. The predicted molar refractivity (Wildman–Crippen MR) is 73.7 cm³/mol. The number of para-hydroxylation sites is 1. The summed E-state index contributed by atoms with van der Waals surface area (Å²) in [7, 11) is 0. The minimum absolute atomic E-state index is 0.308. The lowest BCUT2D eigenvalue weighted by Crippen LogP contribution is -2.04. The molecule has 0 aliphatic rings. The molecule has 0 fully saturated rings. The molecule has 0 aliphatic carbocycles. The Hall–Kier alpha value is -2.29. The van der Waals surface area contributed by atoms with E-state index < -0.39 is 0 Å². The second-order valence-electron chi connectivity index (χ2n) is 4.12. The van der Waals surface area contributed by atoms with Gasteiger partial charge in [-0.1, -0.05) is 18.2 Å². The van der Waals surface area contributed by atoms with Crippen LogP contribution < -0.4 is 4.74 Å². The fourth-order valence-electron chi connectivity index (χ4n) is 1.72. The number of ether oxygens (including phenoxy) is 2. The summed E-state index contributed by atoms with van der Waals surface area (Å²) in [4.78, 5) is 11.6. The van der Waals surface area contributed by atoms with Crippen LogP contribution in [-0.2, 0) is 4.74 Å². The Labute approximate surface area is 112 Å². The minimum Gasteiger partial charge on any atom is -0.462 e. The molecule has 2 rings (SSSR count). The van der Waals surface area contributed by atoms with Gasteiger partial charge in [0, 0.05) is 0 Å². The van der Waals surface area contributed by atoms with E-state index in [2.05, 4.69) is 0 Å². The third-order valence-corrected chi connectivity index (χ3v) is 2.66. The van der Waals surface area contributed by atoms with E-state index in [1.165, 1.54) is 0 Å². The van der Waals surface area contributed by atoms with Gasteiger partial charge in [0.05, 0.1) is 12.2 Å². The number of hydrogen-bond donors (Lipinski definition) is 0. The molecule has 2 aromatic carbocycles. The first kappa shape index (κ1) is 13.1. The fraction of sp³-hybridized carbons (Fsp3) is 0.188. The third kappa shape index (κ3) is 3.35. The van der Waals surface area contributed by atoms with Crippen molar-refractivity contribution in [3.8, 4) is 11.5 Å². The molecule has 0 spiro atoms. The summed E-state index contributed by atoms with van der Waals surface area (Å²) in [6.07, 6.45) is 0. The Morgan fingerprint density at radius 3 is 2.47 bits per heavy atom. The normalized spacial score (nSPS) is 10.0. The molecule has 0 heterocycles. The lowest BCUT2D eigenvalue weighted by atomic mass is 10.1. The van der Waals surface area contributed by atoms with Crippen molar-refractivity contribution in [2.75, 3.05) is 6.61 Å². The van der Waals surface area contributed by atoms with E-state index in [-0.39, 0.29) is 5.97 Å². The van der Waals surface area contributed by atoms with Crippen molar-refractivity contribution in [2.45, 2.75) is 13.8 Å². The maximum absolute atomic E-state index is 11.6. The van der Waals surface area contributed by atoms with Gasteiger partial charge in [-0.25, -0.2) is 4.79 Å². The molecule has 3 heteroatoms. The summed E-state index contributed by atoms with van der Waals surface area (Å²) in [6, 6.07) is 14.8. The van der Waals surface area contributed by atoms with Crippen molar-refractivity contribution in [3.63, 3.8) is 0 Å². The lowest BCUT2D eigenvalue weighted by molar-refractivity contribution is 0.0526. The van der Waals surface area contributed by atoms with Gasteiger partial charge in [0.15, 0.2) is 0 Å². The summed E-state index contributed by atoms with van der Waals surface area (Å²) < 4.78 is 10.7. The van der Waals surface area contributed by atoms with Crippen LogP contribution in [0.4, 0.5) is 0 Å². The van der Waals surface area contributed by atoms with Crippen molar-refractivity contribution < 1.29 is 14.3 Å². The number of esters is 1. The summed E-state index contributed by atoms with van der Waals surface area (Å²) in [5.41, 5.74) is 1.44. The Bertz CT molecular complexity index is 561. The number of carbonyl (C=O) groups excluding carboxylic acids is 1. The van der Waals surface area contributed by atoms with Crippen LogP contribution in [-0.4, -0.2) is 12.6 Å². The first-order valence-electron chi connectivity index (χ1n) is 6.21. The highest BCUT2D eigenvalue weighted by Gasteiger charge is 2.09. The van der Waals surface area contributed by atoms with Crippen molar-refractivity contribution in [1.29, 1.82) is 0 Å². The molecule has 0 saturated carbocycles. The van der Waals surface area contributed by atoms with Crippen LogP contribution in [0.15, 0.2) is 48.5 Å². The monoisotopic (exact) mass is 256 g/mol. The molecule has 0 radical (unpaired) electrons. The van der Waals surface area contributed by atoms with Gasteiger partial charge in [0.1, 0.15) is 11.5 Å². The molecule has 98 valence electrons. The zero-order chi connectivity index (χ0) is 13.7. The van der Waals surface area contributed by atoms with Crippen molar-refractivity contribution in [3.05, 3.63) is 59.7 Å². The number of aryl methyl sites for hydroxylation is 1. The Morgan fingerprint density at radius 1 is 1.11 bits per heavy atom. The molecule has 0 aromatic heterocycles. The Morgan fingerprint density at radius 2 is 1.84 bits per heavy atom. The largest absolute Gasteiger partial charge is 0.462 e. The molecule has 2 aromatic rings. The number of carbonyl (C=O) groups is 1. The van der Waals surface area contributed by atoms with Crippen LogP contribution in [0.3, 0.4) is 0 Å². The quantitative estimate of drug-likeness (QED) is 0.776. The van der Waals surface area contributed by atoms with E-state index in [0.29, 0.717) is 12.2 Å². The first-order chi connectivity index (χ1) is 9.20. The van der Waals surface area contributed by atoms with E-state index in [0.717, 1.165) is 17.1 Å². The smallest absolute Gasteiger partial charge is 0.338 e. The first-order valence-corrected chi connectivity index (χ1v) is 6.21. The summed E-state index contributed by atoms with van der Waals surface area (Å²) in [6.45, 7) is 4.07. The van der Waals surface area contributed by atoms with Crippen molar-refractivity contribution in [2.24, 2.45) is 0 Å². The van der Waals surface area contributed by atoms with Crippen molar-refractivity contribution >= 4 is 5.97 Å². The van der Waals surface area contributed by atoms with Gasteiger partial charge in [0.25, 0.3) is 0 Å². The number of benzene rings is 2. The standard InChI is InChI=1S/C16H16O3/c1-3-18-16(17)13-9-10-15(12(2)11-13)19-14-7-5-4-6-8-14/h4-11H,3H2,1-2H3. The second-order valence-corrected chi connectivity index (χ2v) is 4.12. The van der Waals surface area contributed by atoms with Gasteiger partial charge in [0.2, 0.25) is 0 Å². The molecule has 0 N–H and O–H groups in total. The number of hydrogen-bond acceptors (Lipinski definition) is 3. The van der Waals surface area contributed by atoms with E-state index in [1.54, 1.807) is 25.1 Å². The summed E-state index contributed by atoms with van der Waals surface area (Å²) in [5, 5.41) is 0.